The highest BCUT2D eigenvalue weighted by Crippen LogP contribution is 2.38. The van der Waals surface area contributed by atoms with Gasteiger partial charge in [0.05, 0.1) is 4.92 Å². The van der Waals surface area contributed by atoms with Gasteiger partial charge in [-0.25, -0.2) is 0 Å². The van der Waals surface area contributed by atoms with E-state index in [0.29, 0.717) is 9.13 Å². The van der Waals surface area contributed by atoms with Gasteiger partial charge >= 0.3 is 6.18 Å². The molecule has 0 bridgehead atoms. The largest absolute Gasteiger partial charge is 0.469 e. The van der Waals surface area contributed by atoms with Crippen LogP contribution in [-0.2, 0) is 0 Å². The summed E-state index contributed by atoms with van der Waals surface area (Å²) in [6.45, 7) is 0. The molecule has 0 aliphatic carbocycles. The fraction of sp³-hybridized carbons (Fsp3) is 0.200. The fourth-order valence-corrected chi connectivity index (χ4v) is 2.18. The Balaban J connectivity index is 2.57. The van der Waals surface area contributed by atoms with Gasteiger partial charge in [0, 0.05) is 15.2 Å². The van der Waals surface area contributed by atoms with Crippen LogP contribution in [0.2, 0.25) is 0 Å². The molecule has 4 nitrogen and oxygen atoms in total. The molecule has 0 amide bonds. The molecular weight excluding hydrogens is 366 g/mol. The summed E-state index contributed by atoms with van der Waals surface area (Å²) in [6, 6.07) is 4.51. The number of hydrogen-bond donors (Lipinski definition) is 0. The summed E-state index contributed by atoms with van der Waals surface area (Å²) in [5.74, 6) is -0.00479. The third-order valence-electron chi connectivity index (χ3n) is 2.33. The smallest absolute Gasteiger partial charge is 0.436 e. The summed E-state index contributed by atoms with van der Waals surface area (Å²) in [5.41, 5.74) is -0.704. The van der Waals surface area contributed by atoms with E-state index in [-0.39, 0.29) is 5.75 Å². The van der Waals surface area contributed by atoms with Gasteiger partial charge in [-0.05, 0) is 34.7 Å². The summed E-state index contributed by atoms with van der Waals surface area (Å²) in [5, 5.41) is 10.7. The average Bonchev–Trinajstić information content (AvgIpc) is 2.26. The molecule has 96 valence electrons. The molecule has 1 aliphatic heterocycles. The van der Waals surface area contributed by atoms with Crippen molar-refractivity contribution in [2.24, 2.45) is 0 Å². The third kappa shape index (κ3) is 2.28. The molecule has 1 aromatic carbocycles. The van der Waals surface area contributed by atoms with Gasteiger partial charge in [0.25, 0.3) is 11.8 Å². The van der Waals surface area contributed by atoms with E-state index >= 15 is 0 Å². The van der Waals surface area contributed by atoms with E-state index in [0.717, 1.165) is 6.08 Å². The molecule has 8 heteroatoms. The summed E-state index contributed by atoms with van der Waals surface area (Å²) >= 11 is 1.88. The molecular formula is C10H5F3INO3. The molecule has 0 saturated heterocycles. The standard InChI is InChI=1S/C10H5F3INO3/c11-10(12,13)9-7(15(16)17)4-5-6(14)2-1-3-8(5)18-9/h1-4,9H. The highest BCUT2D eigenvalue weighted by atomic mass is 127. The zero-order valence-electron chi connectivity index (χ0n) is 8.57. The van der Waals surface area contributed by atoms with Gasteiger partial charge < -0.3 is 4.74 Å². The lowest BCUT2D eigenvalue weighted by atomic mass is 10.1. The maximum atomic E-state index is 12.7. The SMILES string of the molecule is O=[N+]([O-])C1=Cc2c(I)cccc2OC1C(F)(F)F. The molecule has 0 saturated carbocycles. The maximum Gasteiger partial charge on any atom is 0.436 e. The normalized spacial score (nSPS) is 18.7. The van der Waals surface area contributed by atoms with Crippen LogP contribution in [0.4, 0.5) is 13.2 Å². The third-order valence-corrected chi connectivity index (χ3v) is 3.27. The minimum atomic E-state index is -4.82. The number of fused-ring (bicyclic) bond motifs is 1. The second kappa shape index (κ2) is 4.41. The Morgan fingerprint density at radius 3 is 2.61 bits per heavy atom. The highest BCUT2D eigenvalue weighted by molar-refractivity contribution is 14.1. The second-order valence-electron chi connectivity index (χ2n) is 3.52. The van der Waals surface area contributed by atoms with Crippen molar-refractivity contribution in [2.75, 3.05) is 0 Å². The van der Waals surface area contributed by atoms with Gasteiger partial charge in [-0.1, -0.05) is 6.07 Å². The Bertz CT molecular complexity index is 542. The predicted octanol–water partition coefficient (Wildman–Crippen LogP) is 3.23. The van der Waals surface area contributed by atoms with Crippen LogP contribution in [0, 0.1) is 13.7 Å². The quantitative estimate of drug-likeness (QED) is 0.433. The molecule has 0 fully saturated rings. The Hall–Kier alpha value is -1.32. The van der Waals surface area contributed by atoms with Crippen molar-refractivity contribution in [3.05, 3.63) is 43.1 Å². The highest BCUT2D eigenvalue weighted by Gasteiger charge is 2.52. The Labute approximate surface area is 113 Å². The van der Waals surface area contributed by atoms with Gasteiger partial charge in [0.2, 0.25) is 0 Å². The number of nitro groups is 1. The Morgan fingerprint density at radius 2 is 2.06 bits per heavy atom. The van der Waals surface area contributed by atoms with Crippen LogP contribution in [0.5, 0.6) is 5.75 Å². The van der Waals surface area contributed by atoms with Crippen molar-refractivity contribution in [2.45, 2.75) is 12.3 Å². The number of hydrogen-bond acceptors (Lipinski definition) is 3. The molecule has 0 radical (unpaired) electrons. The van der Waals surface area contributed by atoms with Crippen LogP contribution in [0.25, 0.3) is 6.08 Å². The molecule has 18 heavy (non-hydrogen) atoms. The number of ether oxygens (including phenoxy) is 1. The molecule has 0 N–H and O–H groups in total. The lowest BCUT2D eigenvalue weighted by Gasteiger charge is -2.24. The molecule has 1 heterocycles. The molecule has 1 unspecified atom stereocenters. The minimum Gasteiger partial charge on any atom is -0.469 e. The zero-order chi connectivity index (χ0) is 13.5. The number of alkyl halides is 3. The van der Waals surface area contributed by atoms with E-state index < -0.39 is 22.9 Å². The van der Waals surface area contributed by atoms with Gasteiger partial charge in [0.15, 0.2) is 0 Å². The summed E-state index contributed by atoms with van der Waals surface area (Å²) < 4.78 is 43.3. The van der Waals surface area contributed by atoms with Crippen LogP contribution >= 0.6 is 22.6 Å². The van der Waals surface area contributed by atoms with Crippen molar-refractivity contribution >= 4 is 28.7 Å². The van der Waals surface area contributed by atoms with Crippen LogP contribution < -0.4 is 4.74 Å². The fourth-order valence-electron chi connectivity index (χ4n) is 1.55. The maximum absolute atomic E-state index is 12.7. The first-order valence-electron chi connectivity index (χ1n) is 4.68. The van der Waals surface area contributed by atoms with Gasteiger partial charge in [-0.15, -0.1) is 0 Å². The number of benzene rings is 1. The first kappa shape index (κ1) is 13.1. The van der Waals surface area contributed by atoms with Crippen molar-refractivity contribution in [1.29, 1.82) is 0 Å². The molecule has 0 spiro atoms. The number of halogens is 4. The van der Waals surface area contributed by atoms with Gasteiger partial charge in [-0.3, -0.25) is 10.1 Å². The van der Waals surface area contributed by atoms with Crippen LogP contribution in [0.3, 0.4) is 0 Å². The monoisotopic (exact) mass is 371 g/mol. The van der Waals surface area contributed by atoms with Crippen molar-refractivity contribution < 1.29 is 22.8 Å². The molecule has 1 aliphatic rings. The van der Waals surface area contributed by atoms with E-state index in [4.69, 9.17) is 4.74 Å². The lowest BCUT2D eigenvalue weighted by Crippen LogP contribution is -2.40. The van der Waals surface area contributed by atoms with Crippen LogP contribution in [0.1, 0.15) is 5.56 Å². The molecule has 1 aromatic rings. The summed E-state index contributed by atoms with van der Waals surface area (Å²) in [7, 11) is 0. The summed E-state index contributed by atoms with van der Waals surface area (Å²) in [4.78, 5) is 9.62. The zero-order valence-corrected chi connectivity index (χ0v) is 10.7. The van der Waals surface area contributed by atoms with Crippen molar-refractivity contribution in [1.82, 2.24) is 0 Å². The second-order valence-corrected chi connectivity index (χ2v) is 4.68. The van der Waals surface area contributed by atoms with E-state index in [2.05, 4.69) is 0 Å². The summed E-state index contributed by atoms with van der Waals surface area (Å²) in [6.07, 6.45) is -6.44. The van der Waals surface area contributed by atoms with Crippen molar-refractivity contribution in [3.63, 3.8) is 0 Å². The van der Waals surface area contributed by atoms with Gasteiger partial charge in [-0.2, -0.15) is 13.2 Å². The van der Waals surface area contributed by atoms with Gasteiger partial charge in [0.1, 0.15) is 5.75 Å². The molecule has 0 aromatic heterocycles. The van der Waals surface area contributed by atoms with E-state index in [1.54, 1.807) is 6.07 Å². The lowest BCUT2D eigenvalue weighted by molar-refractivity contribution is -0.443. The topological polar surface area (TPSA) is 52.4 Å². The molecule has 1 atom stereocenters. The average molecular weight is 371 g/mol. The first-order valence-corrected chi connectivity index (χ1v) is 5.76. The molecule has 2 rings (SSSR count). The Kier molecular flexibility index (Phi) is 3.21. The minimum absolute atomic E-state index is 0.00479. The van der Waals surface area contributed by atoms with E-state index in [1.807, 2.05) is 22.6 Å². The number of rotatable bonds is 1. The van der Waals surface area contributed by atoms with E-state index in [1.165, 1.54) is 12.1 Å². The number of nitrogens with zero attached hydrogens (tertiary/aromatic N) is 1. The van der Waals surface area contributed by atoms with E-state index in [9.17, 15) is 23.3 Å². The predicted molar refractivity (Wildman–Crippen MR) is 64.6 cm³/mol. The van der Waals surface area contributed by atoms with Crippen LogP contribution in [-0.4, -0.2) is 17.2 Å². The van der Waals surface area contributed by atoms with Crippen LogP contribution in [0.15, 0.2) is 23.9 Å². The first-order chi connectivity index (χ1) is 8.30. The van der Waals surface area contributed by atoms with Crippen molar-refractivity contribution in [3.8, 4) is 5.75 Å². The Morgan fingerprint density at radius 1 is 1.39 bits per heavy atom.